The number of fused-ring (bicyclic) bond motifs is 1. The average molecular weight is 252 g/mol. The molecule has 0 aliphatic rings. The van der Waals surface area contributed by atoms with Gasteiger partial charge in [-0.05, 0) is 17.9 Å². The van der Waals surface area contributed by atoms with E-state index in [-0.39, 0.29) is 5.56 Å². The van der Waals surface area contributed by atoms with Gasteiger partial charge in [-0.3, -0.25) is 9.36 Å². The van der Waals surface area contributed by atoms with Crippen molar-refractivity contribution >= 4 is 21.6 Å². The van der Waals surface area contributed by atoms with Crippen LogP contribution in [0.5, 0.6) is 0 Å². The van der Waals surface area contributed by atoms with E-state index in [9.17, 15) is 4.79 Å². The van der Waals surface area contributed by atoms with Gasteiger partial charge in [-0.2, -0.15) is 0 Å². The van der Waals surface area contributed by atoms with Gasteiger partial charge >= 0.3 is 0 Å². The van der Waals surface area contributed by atoms with Crippen LogP contribution >= 0.6 is 11.3 Å². The van der Waals surface area contributed by atoms with Crippen LogP contribution < -0.4 is 5.56 Å². The summed E-state index contributed by atoms with van der Waals surface area (Å²) in [6.45, 7) is 4.03. The Hall–Kier alpha value is -1.20. The summed E-state index contributed by atoms with van der Waals surface area (Å²) in [5.41, 5.74) is 0.812. The van der Waals surface area contributed by atoms with Crippen LogP contribution in [0.2, 0.25) is 0 Å². The first-order valence-electron chi connectivity index (χ1n) is 5.83. The average Bonchev–Trinajstić information content (AvgIpc) is 2.80. The standard InChI is InChI=1S/C12H16N2O2S/c1-2-3-6-16-7-5-14-9-13-10-4-8-17-11(10)12(14)15/h4,8-9H,2-3,5-7H2,1H3. The molecule has 0 fully saturated rings. The van der Waals surface area contributed by atoms with Crippen LogP contribution in [0.3, 0.4) is 0 Å². The molecule has 0 atom stereocenters. The molecule has 0 N–H and O–H groups in total. The molecule has 0 radical (unpaired) electrons. The van der Waals surface area contributed by atoms with Crippen molar-refractivity contribution in [2.75, 3.05) is 13.2 Å². The van der Waals surface area contributed by atoms with Gasteiger partial charge in [0.1, 0.15) is 4.70 Å². The quantitative estimate of drug-likeness (QED) is 0.741. The van der Waals surface area contributed by atoms with Gasteiger partial charge in [-0.25, -0.2) is 4.98 Å². The Bertz CT molecular complexity index is 533. The molecule has 92 valence electrons. The molecule has 0 bridgehead atoms. The van der Waals surface area contributed by atoms with Gasteiger partial charge in [0, 0.05) is 6.61 Å². The van der Waals surface area contributed by atoms with Crippen LogP contribution in [0.25, 0.3) is 10.2 Å². The van der Waals surface area contributed by atoms with E-state index in [4.69, 9.17) is 4.74 Å². The molecular weight excluding hydrogens is 236 g/mol. The van der Waals surface area contributed by atoms with Crippen LogP contribution in [-0.4, -0.2) is 22.8 Å². The summed E-state index contributed by atoms with van der Waals surface area (Å²) in [4.78, 5) is 16.2. The molecule has 4 nitrogen and oxygen atoms in total. The summed E-state index contributed by atoms with van der Waals surface area (Å²) < 4.78 is 7.78. The Labute approximate surface area is 104 Å². The minimum atomic E-state index is 0.0316. The highest BCUT2D eigenvalue weighted by Crippen LogP contribution is 2.12. The number of hydrogen-bond acceptors (Lipinski definition) is 4. The van der Waals surface area contributed by atoms with Gasteiger partial charge in [-0.1, -0.05) is 13.3 Å². The third-order valence-corrected chi connectivity index (χ3v) is 3.45. The maximum Gasteiger partial charge on any atom is 0.271 e. The predicted molar refractivity (Wildman–Crippen MR) is 69.6 cm³/mol. The lowest BCUT2D eigenvalue weighted by atomic mass is 10.4. The van der Waals surface area contributed by atoms with Gasteiger partial charge in [0.25, 0.3) is 5.56 Å². The molecule has 17 heavy (non-hydrogen) atoms. The smallest absolute Gasteiger partial charge is 0.271 e. The van der Waals surface area contributed by atoms with E-state index < -0.39 is 0 Å². The predicted octanol–water partition coefficient (Wildman–Crippen LogP) is 2.27. The Kier molecular flexibility index (Phi) is 4.28. The molecule has 2 rings (SSSR count). The van der Waals surface area contributed by atoms with Crippen molar-refractivity contribution in [3.05, 3.63) is 28.1 Å². The first-order valence-corrected chi connectivity index (χ1v) is 6.71. The van der Waals surface area contributed by atoms with E-state index in [1.165, 1.54) is 11.3 Å². The molecule has 0 spiro atoms. The third-order valence-electron chi connectivity index (χ3n) is 2.55. The van der Waals surface area contributed by atoms with Crippen LogP contribution in [-0.2, 0) is 11.3 Å². The summed E-state index contributed by atoms with van der Waals surface area (Å²) in [6.07, 6.45) is 3.79. The Balaban J connectivity index is 1.99. The summed E-state index contributed by atoms with van der Waals surface area (Å²) >= 11 is 1.44. The van der Waals surface area contributed by atoms with Crippen LogP contribution in [0, 0.1) is 0 Å². The molecule has 0 aromatic carbocycles. The zero-order valence-corrected chi connectivity index (χ0v) is 10.7. The van der Waals surface area contributed by atoms with Gasteiger partial charge < -0.3 is 4.74 Å². The molecule has 2 heterocycles. The second kappa shape index (κ2) is 5.93. The van der Waals surface area contributed by atoms with E-state index in [0.29, 0.717) is 13.2 Å². The Morgan fingerprint density at radius 2 is 2.35 bits per heavy atom. The van der Waals surface area contributed by atoms with Crippen molar-refractivity contribution in [2.45, 2.75) is 26.3 Å². The summed E-state index contributed by atoms with van der Waals surface area (Å²) in [6, 6.07) is 1.86. The highest BCUT2D eigenvalue weighted by molar-refractivity contribution is 7.17. The number of unbranched alkanes of at least 4 members (excludes halogenated alkanes) is 1. The summed E-state index contributed by atoms with van der Waals surface area (Å²) in [5.74, 6) is 0. The molecular formula is C12H16N2O2S. The zero-order valence-electron chi connectivity index (χ0n) is 9.89. The van der Waals surface area contributed by atoms with Gasteiger partial charge in [-0.15, -0.1) is 11.3 Å². The first kappa shape index (κ1) is 12.3. The molecule has 0 unspecified atom stereocenters. The van der Waals surface area contributed by atoms with Gasteiger partial charge in [0.05, 0.1) is 25.0 Å². The van der Waals surface area contributed by atoms with E-state index in [1.54, 1.807) is 10.9 Å². The minimum Gasteiger partial charge on any atom is -0.380 e. The normalized spacial score (nSPS) is 11.1. The maximum atomic E-state index is 12.0. The number of thiophene rings is 1. The fourth-order valence-electron chi connectivity index (χ4n) is 1.55. The third kappa shape index (κ3) is 2.92. The van der Waals surface area contributed by atoms with Crippen molar-refractivity contribution in [2.24, 2.45) is 0 Å². The summed E-state index contributed by atoms with van der Waals surface area (Å²) in [5, 5.41) is 1.89. The van der Waals surface area contributed by atoms with Crippen LogP contribution in [0.1, 0.15) is 19.8 Å². The molecule has 0 saturated heterocycles. The molecule has 5 heteroatoms. The second-order valence-electron chi connectivity index (χ2n) is 3.84. The number of nitrogens with zero attached hydrogens (tertiary/aromatic N) is 2. The first-order chi connectivity index (χ1) is 8.33. The monoisotopic (exact) mass is 252 g/mol. The fourth-order valence-corrected chi connectivity index (χ4v) is 2.34. The molecule has 2 aromatic rings. The number of aromatic nitrogens is 2. The van der Waals surface area contributed by atoms with Crippen molar-refractivity contribution in [1.29, 1.82) is 0 Å². The fraction of sp³-hybridized carbons (Fsp3) is 0.500. The van der Waals surface area contributed by atoms with Crippen molar-refractivity contribution in [3.8, 4) is 0 Å². The van der Waals surface area contributed by atoms with E-state index in [1.807, 2.05) is 11.4 Å². The van der Waals surface area contributed by atoms with Gasteiger partial charge in [0.15, 0.2) is 0 Å². The topological polar surface area (TPSA) is 44.1 Å². The van der Waals surface area contributed by atoms with Crippen molar-refractivity contribution in [3.63, 3.8) is 0 Å². The van der Waals surface area contributed by atoms with Crippen molar-refractivity contribution in [1.82, 2.24) is 9.55 Å². The number of ether oxygens (including phenoxy) is 1. The SMILES string of the molecule is CCCCOCCn1cnc2ccsc2c1=O. The van der Waals surface area contributed by atoms with Gasteiger partial charge in [0.2, 0.25) is 0 Å². The van der Waals surface area contributed by atoms with Crippen molar-refractivity contribution < 1.29 is 4.74 Å². The summed E-state index contributed by atoms with van der Waals surface area (Å²) in [7, 11) is 0. The molecule has 0 saturated carbocycles. The largest absolute Gasteiger partial charge is 0.380 e. The van der Waals surface area contributed by atoms with Crippen LogP contribution in [0.4, 0.5) is 0 Å². The number of hydrogen-bond donors (Lipinski definition) is 0. The second-order valence-corrected chi connectivity index (χ2v) is 4.76. The van der Waals surface area contributed by atoms with Crippen LogP contribution in [0.15, 0.2) is 22.6 Å². The van der Waals surface area contributed by atoms with E-state index >= 15 is 0 Å². The molecule has 0 amide bonds. The Morgan fingerprint density at radius 3 is 3.18 bits per heavy atom. The zero-order chi connectivity index (χ0) is 12.1. The molecule has 0 aliphatic heterocycles. The maximum absolute atomic E-state index is 12.0. The Morgan fingerprint density at radius 1 is 1.47 bits per heavy atom. The highest BCUT2D eigenvalue weighted by atomic mass is 32.1. The minimum absolute atomic E-state index is 0.0316. The van der Waals surface area contributed by atoms with E-state index in [0.717, 1.165) is 29.7 Å². The molecule has 0 aliphatic carbocycles. The molecule has 2 aromatic heterocycles. The lowest BCUT2D eigenvalue weighted by Gasteiger charge is -2.05. The lowest BCUT2D eigenvalue weighted by molar-refractivity contribution is 0.123. The van der Waals surface area contributed by atoms with E-state index in [2.05, 4.69) is 11.9 Å². The number of rotatable bonds is 6. The highest BCUT2D eigenvalue weighted by Gasteiger charge is 2.04. The lowest BCUT2D eigenvalue weighted by Crippen LogP contribution is -2.22.